The number of benzene rings is 2. The van der Waals surface area contributed by atoms with Crippen LogP contribution in [0, 0.1) is 11.8 Å². The number of para-hydroxylation sites is 2. The molecule has 0 bridgehead atoms. The van der Waals surface area contributed by atoms with Gasteiger partial charge in [0, 0.05) is 0 Å². The van der Waals surface area contributed by atoms with Gasteiger partial charge in [-0.05, 0) is 48.6 Å². The molecule has 0 spiro atoms. The van der Waals surface area contributed by atoms with Gasteiger partial charge in [-0.15, -0.1) is 0 Å². The van der Waals surface area contributed by atoms with Crippen LogP contribution in [-0.4, -0.2) is 22.7 Å². The second kappa shape index (κ2) is 26.4. The molecule has 0 fully saturated rings. The minimum absolute atomic E-state index is 0.322. The van der Waals surface area contributed by atoms with Crippen molar-refractivity contribution in [2.24, 2.45) is 11.8 Å². The molecule has 0 aliphatic carbocycles. The summed E-state index contributed by atoms with van der Waals surface area (Å²) in [6.45, 7) is 13.5. The number of aromatic hydroxyl groups is 2. The van der Waals surface area contributed by atoms with E-state index in [1.165, 1.54) is 25.7 Å². The predicted octanol–water partition coefficient (Wildman–Crippen LogP) is 8.65. The maximum absolute atomic E-state index is 8.63. The normalized spacial score (nSPS) is 8.90. The molecule has 3 heteroatoms. The van der Waals surface area contributed by atoms with Crippen LogP contribution in [0.25, 0.3) is 0 Å². The van der Waals surface area contributed by atoms with E-state index in [1.807, 2.05) is 24.6 Å². The third-order valence-electron chi connectivity index (χ3n) is 3.24. The van der Waals surface area contributed by atoms with Crippen molar-refractivity contribution >= 4 is 11.8 Å². The van der Waals surface area contributed by atoms with Crippen molar-refractivity contribution in [3.63, 3.8) is 0 Å². The van der Waals surface area contributed by atoms with Crippen molar-refractivity contribution in [1.82, 2.24) is 0 Å². The van der Waals surface area contributed by atoms with Gasteiger partial charge in [-0.3, -0.25) is 0 Å². The smallest absolute Gasteiger partial charge is 0.115 e. The number of thioether (sulfide) groups is 1. The van der Waals surface area contributed by atoms with E-state index in [1.54, 1.807) is 60.3 Å². The average Bonchev–Trinajstić information content (AvgIpc) is 2.65. The fourth-order valence-electron chi connectivity index (χ4n) is 2.01. The van der Waals surface area contributed by atoms with Gasteiger partial charge in [-0.2, -0.15) is 11.8 Å². The quantitative estimate of drug-likeness (QED) is 0.518. The van der Waals surface area contributed by atoms with Crippen LogP contribution in [0.15, 0.2) is 60.7 Å². The highest BCUT2D eigenvalue weighted by Gasteiger charge is 1.86. The number of phenolic OH excluding ortho intramolecular Hbond substituents is 2. The van der Waals surface area contributed by atoms with Gasteiger partial charge in [0.25, 0.3) is 0 Å². The van der Waals surface area contributed by atoms with E-state index < -0.39 is 0 Å². The van der Waals surface area contributed by atoms with Gasteiger partial charge < -0.3 is 10.2 Å². The molecule has 0 heterocycles. The maximum atomic E-state index is 8.63. The maximum Gasteiger partial charge on any atom is 0.115 e. The van der Waals surface area contributed by atoms with Crippen LogP contribution in [-0.2, 0) is 0 Å². The number of hydrogen-bond acceptors (Lipinski definition) is 3. The second-order valence-electron chi connectivity index (χ2n) is 7.44. The van der Waals surface area contributed by atoms with Gasteiger partial charge in [0.2, 0.25) is 0 Å². The van der Waals surface area contributed by atoms with E-state index in [9.17, 15) is 0 Å². The van der Waals surface area contributed by atoms with E-state index in [0.717, 1.165) is 11.8 Å². The molecular weight excluding hydrogens is 376 g/mol. The predicted molar refractivity (Wildman–Crippen MR) is 135 cm³/mol. The van der Waals surface area contributed by atoms with Crippen molar-refractivity contribution in [3.8, 4) is 11.5 Å². The lowest BCUT2D eigenvalue weighted by atomic mass is 10.1. The molecular formula is C26H46O2S. The van der Waals surface area contributed by atoms with Gasteiger partial charge in [-0.25, -0.2) is 0 Å². The van der Waals surface area contributed by atoms with Crippen LogP contribution in [0.1, 0.15) is 67.2 Å². The molecule has 0 aliphatic heterocycles. The molecule has 0 unspecified atom stereocenters. The molecule has 29 heavy (non-hydrogen) atoms. The number of phenols is 2. The van der Waals surface area contributed by atoms with Crippen molar-refractivity contribution < 1.29 is 10.2 Å². The van der Waals surface area contributed by atoms with Crippen molar-refractivity contribution in [3.05, 3.63) is 60.7 Å². The molecule has 0 saturated carbocycles. The Labute approximate surface area is 185 Å². The summed E-state index contributed by atoms with van der Waals surface area (Å²) >= 11 is 1.75. The fraction of sp³-hybridized carbons (Fsp3) is 0.538. The standard InChI is InChI=1S/2C6H6O.2C6H14.C2H6S/c2*7-6-4-2-1-3-5-6;2*1-4-5-6(2)3;1-3-2/h2*1-5,7H;2*6H,4-5H2,1-3H3;1-2H3. The van der Waals surface area contributed by atoms with E-state index in [4.69, 9.17) is 10.2 Å². The van der Waals surface area contributed by atoms with Gasteiger partial charge in [0.1, 0.15) is 11.5 Å². The summed E-state index contributed by atoms with van der Waals surface area (Å²) in [6.07, 6.45) is 9.50. The fourth-order valence-corrected chi connectivity index (χ4v) is 2.01. The first-order valence-corrected chi connectivity index (χ1v) is 12.3. The van der Waals surface area contributed by atoms with E-state index in [0.29, 0.717) is 11.5 Å². The lowest BCUT2D eigenvalue weighted by molar-refractivity contribution is 0.475. The second-order valence-corrected chi connectivity index (χ2v) is 8.26. The van der Waals surface area contributed by atoms with Gasteiger partial charge >= 0.3 is 0 Å². The van der Waals surface area contributed by atoms with Gasteiger partial charge in [0.05, 0.1) is 0 Å². The molecule has 168 valence electrons. The monoisotopic (exact) mass is 422 g/mol. The molecule has 2 N–H and O–H groups in total. The molecule has 0 aromatic heterocycles. The Morgan fingerprint density at radius 1 is 0.621 bits per heavy atom. The van der Waals surface area contributed by atoms with Crippen LogP contribution in [0.4, 0.5) is 0 Å². The van der Waals surface area contributed by atoms with E-state index in [2.05, 4.69) is 41.5 Å². The zero-order chi connectivity index (χ0) is 22.9. The van der Waals surface area contributed by atoms with Crippen LogP contribution in [0.2, 0.25) is 0 Å². The summed E-state index contributed by atoms with van der Waals surface area (Å²) in [5.41, 5.74) is 0. The third-order valence-corrected chi connectivity index (χ3v) is 3.24. The number of rotatable bonds is 4. The topological polar surface area (TPSA) is 40.5 Å². The SMILES string of the molecule is CCCC(C)C.CCCC(C)C.CSC.Oc1ccccc1.Oc1ccccc1. The Bertz CT molecular complexity index is 451. The molecule has 0 atom stereocenters. The lowest BCUT2D eigenvalue weighted by Crippen LogP contribution is -1.81. The summed E-state index contributed by atoms with van der Waals surface area (Å²) in [5.74, 6) is 2.44. The van der Waals surface area contributed by atoms with Crippen LogP contribution < -0.4 is 0 Å². The molecule has 2 rings (SSSR count). The molecule has 2 aromatic rings. The molecule has 2 nitrogen and oxygen atoms in total. The summed E-state index contributed by atoms with van der Waals surface area (Å²) in [5, 5.41) is 17.3. The van der Waals surface area contributed by atoms with E-state index >= 15 is 0 Å². The highest BCUT2D eigenvalue weighted by Crippen LogP contribution is 2.03. The zero-order valence-corrected chi connectivity index (χ0v) is 20.9. The minimum atomic E-state index is 0.322. The van der Waals surface area contributed by atoms with Crippen molar-refractivity contribution in [2.75, 3.05) is 12.5 Å². The largest absolute Gasteiger partial charge is 0.508 e. The Morgan fingerprint density at radius 3 is 0.931 bits per heavy atom. The first-order valence-electron chi connectivity index (χ1n) is 10.6. The Kier molecular flexibility index (Phi) is 29.2. The Morgan fingerprint density at radius 2 is 0.862 bits per heavy atom. The first-order chi connectivity index (χ1) is 13.7. The van der Waals surface area contributed by atoms with Crippen molar-refractivity contribution in [2.45, 2.75) is 67.2 Å². The van der Waals surface area contributed by atoms with E-state index in [-0.39, 0.29) is 0 Å². The third kappa shape index (κ3) is 37.8. The molecule has 0 amide bonds. The lowest BCUT2D eigenvalue weighted by Gasteiger charge is -1.95. The average molecular weight is 423 g/mol. The molecule has 2 aromatic carbocycles. The number of hydrogen-bond donors (Lipinski definition) is 2. The first kappa shape index (κ1) is 32.1. The highest BCUT2D eigenvalue weighted by atomic mass is 32.2. The van der Waals surface area contributed by atoms with Crippen molar-refractivity contribution in [1.29, 1.82) is 0 Å². The Hall–Kier alpha value is -1.61. The Balaban J connectivity index is -0.000000298. The summed E-state index contributed by atoms with van der Waals surface area (Å²) in [6, 6.07) is 17.4. The van der Waals surface area contributed by atoms with Crippen LogP contribution in [0.3, 0.4) is 0 Å². The van der Waals surface area contributed by atoms with Gasteiger partial charge in [0.15, 0.2) is 0 Å². The minimum Gasteiger partial charge on any atom is -0.508 e. The molecule has 0 saturated heterocycles. The summed E-state index contributed by atoms with van der Waals surface area (Å²) in [7, 11) is 0. The summed E-state index contributed by atoms with van der Waals surface area (Å²) in [4.78, 5) is 0. The molecule has 0 radical (unpaired) electrons. The molecule has 0 aliphatic rings. The highest BCUT2D eigenvalue weighted by molar-refractivity contribution is 7.97. The summed E-state index contributed by atoms with van der Waals surface area (Å²) < 4.78 is 0. The van der Waals surface area contributed by atoms with Crippen LogP contribution in [0.5, 0.6) is 11.5 Å². The zero-order valence-electron chi connectivity index (χ0n) is 20.1. The van der Waals surface area contributed by atoms with Crippen LogP contribution >= 0.6 is 11.8 Å². The van der Waals surface area contributed by atoms with Gasteiger partial charge in [-0.1, -0.05) is 104 Å².